The molecule has 0 aliphatic rings. The summed E-state index contributed by atoms with van der Waals surface area (Å²) in [5.74, 6) is -0.568. The van der Waals surface area contributed by atoms with Gasteiger partial charge < -0.3 is 10.4 Å². The average Bonchev–Trinajstić information content (AvgIpc) is 2.80. The van der Waals surface area contributed by atoms with Gasteiger partial charge in [0.25, 0.3) is 0 Å². The van der Waals surface area contributed by atoms with Crippen molar-refractivity contribution >= 4 is 28.5 Å². The fourth-order valence-electron chi connectivity index (χ4n) is 1.69. The maximum Gasteiger partial charge on any atom is 0.326 e. The Bertz CT molecular complexity index is 476. The van der Waals surface area contributed by atoms with Gasteiger partial charge in [-0.2, -0.15) is 0 Å². The molecule has 1 unspecified atom stereocenters. The third-order valence-electron chi connectivity index (χ3n) is 2.72. The number of carbonyl (C=O) groups is 2. The number of nitrogens with one attached hydrogen (secondary N) is 2. The molecule has 0 saturated carbocycles. The summed E-state index contributed by atoms with van der Waals surface area (Å²) >= 11 is 1.30. The number of aromatic nitrogens is 2. The molecule has 0 fully saturated rings. The van der Waals surface area contributed by atoms with Crippen molar-refractivity contribution in [1.29, 1.82) is 0 Å². The van der Waals surface area contributed by atoms with Crippen LogP contribution >= 0.6 is 11.3 Å². The van der Waals surface area contributed by atoms with Crippen molar-refractivity contribution in [3.63, 3.8) is 0 Å². The van der Waals surface area contributed by atoms with Crippen LogP contribution in [-0.4, -0.2) is 33.3 Å². The molecular weight excluding hydrogens is 292 g/mol. The highest BCUT2D eigenvalue weighted by molar-refractivity contribution is 7.15. The Morgan fingerprint density at radius 1 is 1.33 bits per heavy atom. The van der Waals surface area contributed by atoms with E-state index in [0.29, 0.717) is 17.5 Å². The number of nitrogens with zero attached hydrogens (tertiary/aromatic N) is 2. The lowest BCUT2D eigenvalue weighted by atomic mass is 10.1. The number of carboxylic acids is 1. The second kappa shape index (κ2) is 8.56. The zero-order valence-corrected chi connectivity index (χ0v) is 13.4. The van der Waals surface area contributed by atoms with Crippen LogP contribution in [0.1, 0.15) is 45.0 Å². The molecule has 2 amide bonds. The number of unbranched alkanes of at least 4 members (excludes halogenated alkanes) is 1. The van der Waals surface area contributed by atoms with Crippen molar-refractivity contribution in [2.45, 2.75) is 52.5 Å². The van der Waals surface area contributed by atoms with E-state index in [9.17, 15) is 9.59 Å². The van der Waals surface area contributed by atoms with Gasteiger partial charge >= 0.3 is 12.0 Å². The lowest BCUT2D eigenvalue weighted by molar-refractivity contribution is -0.139. The van der Waals surface area contributed by atoms with Crippen LogP contribution in [0.5, 0.6) is 0 Å². The molecular formula is C13H22N4O3S. The van der Waals surface area contributed by atoms with Gasteiger partial charge in [0, 0.05) is 6.42 Å². The van der Waals surface area contributed by atoms with Crippen molar-refractivity contribution in [2.75, 3.05) is 5.32 Å². The zero-order chi connectivity index (χ0) is 15.8. The number of carbonyl (C=O) groups excluding carboxylic acids is 1. The molecule has 1 atom stereocenters. The largest absolute Gasteiger partial charge is 0.480 e. The lowest BCUT2D eigenvalue weighted by Gasteiger charge is -2.13. The first-order chi connectivity index (χ1) is 9.92. The average molecular weight is 314 g/mol. The van der Waals surface area contributed by atoms with E-state index in [1.165, 1.54) is 11.3 Å². The molecule has 0 spiro atoms. The zero-order valence-electron chi connectivity index (χ0n) is 12.5. The number of aliphatic carboxylic acids is 1. The van der Waals surface area contributed by atoms with Gasteiger partial charge in [0.05, 0.1) is 0 Å². The molecule has 0 bridgehead atoms. The topological polar surface area (TPSA) is 104 Å². The van der Waals surface area contributed by atoms with E-state index in [-0.39, 0.29) is 0 Å². The highest BCUT2D eigenvalue weighted by Crippen LogP contribution is 2.18. The van der Waals surface area contributed by atoms with E-state index in [2.05, 4.69) is 34.7 Å². The van der Waals surface area contributed by atoms with Gasteiger partial charge in [-0.15, -0.1) is 10.2 Å². The second-order valence-electron chi connectivity index (χ2n) is 5.23. The summed E-state index contributed by atoms with van der Waals surface area (Å²) in [7, 11) is 0. The van der Waals surface area contributed by atoms with Gasteiger partial charge in [0.1, 0.15) is 11.0 Å². The maximum atomic E-state index is 11.8. The Hall–Kier alpha value is -1.70. The minimum absolute atomic E-state index is 0.378. The number of amides is 2. The van der Waals surface area contributed by atoms with Gasteiger partial charge in [-0.05, 0) is 12.3 Å². The Balaban J connectivity index is 2.51. The molecule has 0 aliphatic heterocycles. The smallest absolute Gasteiger partial charge is 0.326 e. The summed E-state index contributed by atoms with van der Waals surface area (Å²) in [6.07, 6.45) is 2.83. The number of hydrogen-bond acceptors (Lipinski definition) is 5. The van der Waals surface area contributed by atoms with Crippen LogP contribution in [0.15, 0.2) is 0 Å². The molecule has 0 aromatic carbocycles. The SMILES string of the molecule is CCCCC(NC(=O)Nc1nnc(CC(C)C)s1)C(=O)O. The van der Waals surface area contributed by atoms with E-state index in [0.717, 1.165) is 24.3 Å². The van der Waals surface area contributed by atoms with Crippen molar-refractivity contribution < 1.29 is 14.7 Å². The van der Waals surface area contributed by atoms with Gasteiger partial charge in [-0.25, -0.2) is 9.59 Å². The summed E-state index contributed by atoms with van der Waals surface area (Å²) < 4.78 is 0. The van der Waals surface area contributed by atoms with Crippen molar-refractivity contribution in [3.8, 4) is 0 Å². The molecule has 0 saturated heterocycles. The van der Waals surface area contributed by atoms with Crippen LogP contribution < -0.4 is 10.6 Å². The fraction of sp³-hybridized carbons (Fsp3) is 0.692. The first-order valence-corrected chi connectivity index (χ1v) is 7.86. The molecule has 8 heteroatoms. The van der Waals surface area contributed by atoms with Crippen LogP contribution in [0, 0.1) is 5.92 Å². The molecule has 118 valence electrons. The molecule has 1 heterocycles. The van der Waals surface area contributed by atoms with Gasteiger partial charge in [-0.1, -0.05) is 44.9 Å². The highest BCUT2D eigenvalue weighted by atomic mass is 32.1. The number of anilines is 1. The van der Waals surface area contributed by atoms with Crippen LogP contribution in [0.25, 0.3) is 0 Å². The first-order valence-electron chi connectivity index (χ1n) is 7.05. The molecule has 3 N–H and O–H groups in total. The van der Waals surface area contributed by atoms with Crippen LogP contribution in [0.3, 0.4) is 0 Å². The van der Waals surface area contributed by atoms with E-state index in [1.807, 2.05) is 6.92 Å². The molecule has 1 rings (SSSR count). The monoisotopic (exact) mass is 314 g/mol. The van der Waals surface area contributed by atoms with E-state index in [1.54, 1.807) is 0 Å². The summed E-state index contributed by atoms with van der Waals surface area (Å²) in [5.41, 5.74) is 0. The van der Waals surface area contributed by atoms with Gasteiger partial charge in [0.2, 0.25) is 5.13 Å². The third-order valence-corrected chi connectivity index (χ3v) is 3.58. The summed E-state index contributed by atoms with van der Waals surface area (Å²) in [4.78, 5) is 22.8. The molecule has 21 heavy (non-hydrogen) atoms. The Labute approximate surface area is 128 Å². The molecule has 0 radical (unpaired) electrons. The van der Waals surface area contributed by atoms with Crippen LogP contribution in [0.4, 0.5) is 9.93 Å². The number of urea groups is 1. The Kier molecular flexibility index (Phi) is 7.07. The maximum absolute atomic E-state index is 11.8. The number of carboxylic acid groups (broad SMARTS) is 1. The number of hydrogen-bond donors (Lipinski definition) is 3. The van der Waals surface area contributed by atoms with Crippen molar-refractivity contribution in [1.82, 2.24) is 15.5 Å². The van der Waals surface area contributed by atoms with Crippen LogP contribution in [-0.2, 0) is 11.2 Å². The van der Waals surface area contributed by atoms with Gasteiger partial charge in [-0.3, -0.25) is 5.32 Å². The summed E-state index contributed by atoms with van der Waals surface area (Å²) in [6.45, 7) is 6.12. The fourth-order valence-corrected chi connectivity index (χ4v) is 2.64. The molecule has 7 nitrogen and oxygen atoms in total. The Morgan fingerprint density at radius 3 is 2.62 bits per heavy atom. The summed E-state index contributed by atoms with van der Waals surface area (Å²) in [5, 5.41) is 23.1. The van der Waals surface area contributed by atoms with E-state index >= 15 is 0 Å². The normalized spacial score (nSPS) is 12.2. The van der Waals surface area contributed by atoms with Gasteiger partial charge in [0.15, 0.2) is 0 Å². The molecule has 1 aromatic rings. The van der Waals surface area contributed by atoms with E-state index < -0.39 is 18.0 Å². The van der Waals surface area contributed by atoms with Crippen LogP contribution in [0.2, 0.25) is 0 Å². The predicted molar refractivity (Wildman–Crippen MR) is 81.6 cm³/mol. The second-order valence-corrected chi connectivity index (χ2v) is 6.29. The standard InChI is InChI=1S/C13H22N4O3S/c1-4-5-6-9(11(18)19)14-12(20)15-13-17-16-10(21-13)7-8(2)3/h8-9H,4-7H2,1-3H3,(H,18,19)(H2,14,15,17,20). The molecule has 0 aliphatic carbocycles. The van der Waals surface area contributed by atoms with Crippen molar-refractivity contribution in [3.05, 3.63) is 5.01 Å². The quantitative estimate of drug-likeness (QED) is 0.684. The lowest BCUT2D eigenvalue weighted by Crippen LogP contribution is -2.42. The highest BCUT2D eigenvalue weighted by Gasteiger charge is 2.19. The van der Waals surface area contributed by atoms with Crippen molar-refractivity contribution in [2.24, 2.45) is 5.92 Å². The minimum atomic E-state index is -1.03. The molecule has 1 aromatic heterocycles. The number of rotatable bonds is 8. The predicted octanol–water partition coefficient (Wildman–Crippen LogP) is 2.50. The first kappa shape index (κ1) is 17.4. The third kappa shape index (κ3) is 6.52. The van der Waals surface area contributed by atoms with E-state index in [4.69, 9.17) is 5.11 Å². The summed E-state index contributed by atoms with van der Waals surface area (Å²) in [6, 6.07) is -1.45. The Morgan fingerprint density at radius 2 is 2.05 bits per heavy atom. The minimum Gasteiger partial charge on any atom is -0.480 e.